The van der Waals surface area contributed by atoms with E-state index < -0.39 is 0 Å². The highest BCUT2D eigenvalue weighted by Crippen LogP contribution is 2.30. The van der Waals surface area contributed by atoms with Crippen molar-refractivity contribution < 1.29 is 4.79 Å². The van der Waals surface area contributed by atoms with Crippen molar-refractivity contribution in [2.75, 3.05) is 23.3 Å². The Kier molecular flexibility index (Phi) is 5.54. The molecule has 4 rings (SSSR count). The highest BCUT2D eigenvalue weighted by atomic mass is 32.1. The lowest BCUT2D eigenvalue weighted by Crippen LogP contribution is -2.17. The Balaban J connectivity index is 1.32. The van der Waals surface area contributed by atoms with Crippen LogP contribution in [0, 0.1) is 5.92 Å². The molecular weight excluding hydrogens is 342 g/mol. The van der Waals surface area contributed by atoms with E-state index in [0.29, 0.717) is 6.42 Å². The molecule has 1 aromatic heterocycles. The van der Waals surface area contributed by atoms with Crippen molar-refractivity contribution >= 4 is 28.1 Å². The number of carbonyl (C=O) groups excluding carboxylic acids is 1. The Hall–Kier alpha value is -1.88. The summed E-state index contributed by atoms with van der Waals surface area (Å²) in [5.41, 5.74) is 3.01. The molecule has 0 spiro atoms. The summed E-state index contributed by atoms with van der Waals surface area (Å²) < 4.78 is 0. The first-order valence-corrected chi connectivity index (χ1v) is 10.8. The molecule has 4 nitrogen and oxygen atoms in total. The lowest BCUT2D eigenvalue weighted by Gasteiger charge is -2.12. The molecule has 1 aromatic carbocycles. The SMILES string of the molecule is O=C(CCC1CCCC1)Nc1ccc(-c2csc(N3CCCC3)n2)cc1. The van der Waals surface area contributed by atoms with Crippen LogP contribution in [0.2, 0.25) is 0 Å². The third kappa shape index (κ3) is 4.26. The van der Waals surface area contributed by atoms with Crippen LogP contribution in [-0.2, 0) is 4.79 Å². The molecule has 1 amide bonds. The number of hydrogen-bond donors (Lipinski definition) is 1. The number of amides is 1. The summed E-state index contributed by atoms with van der Waals surface area (Å²) in [6.07, 6.45) is 9.48. The first kappa shape index (κ1) is 17.5. The maximum atomic E-state index is 12.1. The number of nitrogens with one attached hydrogen (secondary N) is 1. The molecule has 2 aromatic rings. The number of nitrogens with zero attached hydrogens (tertiary/aromatic N) is 2. The minimum absolute atomic E-state index is 0.134. The van der Waals surface area contributed by atoms with Gasteiger partial charge in [-0.1, -0.05) is 37.8 Å². The average Bonchev–Trinajstić information content (AvgIpc) is 3.42. The quantitative estimate of drug-likeness (QED) is 0.749. The molecule has 1 saturated heterocycles. The fourth-order valence-electron chi connectivity index (χ4n) is 4.03. The van der Waals surface area contributed by atoms with E-state index in [-0.39, 0.29) is 5.91 Å². The second-order valence-electron chi connectivity index (χ2n) is 7.52. The van der Waals surface area contributed by atoms with E-state index in [0.717, 1.165) is 47.5 Å². The molecule has 1 aliphatic carbocycles. The first-order chi connectivity index (χ1) is 12.8. The summed E-state index contributed by atoms with van der Waals surface area (Å²) in [6.45, 7) is 2.25. The molecule has 0 bridgehead atoms. The second-order valence-corrected chi connectivity index (χ2v) is 8.36. The molecule has 0 unspecified atom stereocenters. The predicted molar refractivity (Wildman–Crippen MR) is 109 cm³/mol. The number of anilines is 2. The van der Waals surface area contributed by atoms with Crippen LogP contribution in [0.4, 0.5) is 10.8 Å². The highest BCUT2D eigenvalue weighted by molar-refractivity contribution is 7.14. The van der Waals surface area contributed by atoms with Gasteiger partial charge in [0.05, 0.1) is 5.69 Å². The molecule has 26 heavy (non-hydrogen) atoms. The van der Waals surface area contributed by atoms with E-state index in [1.54, 1.807) is 11.3 Å². The van der Waals surface area contributed by atoms with Gasteiger partial charge in [-0.15, -0.1) is 11.3 Å². The number of rotatable bonds is 6. The largest absolute Gasteiger partial charge is 0.348 e. The number of hydrogen-bond acceptors (Lipinski definition) is 4. The minimum atomic E-state index is 0.134. The van der Waals surface area contributed by atoms with Crippen LogP contribution in [0.5, 0.6) is 0 Å². The summed E-state index contributed by atoms with van der Waals surface area (Å²) in [5.74, 6) is 0.896. The smallest absolute Gasteiger partial charge is 0.224 e. The summed E-state index contributed by atoms with van der Waals surface area (Å²) in [4.78, 5) is 19.3. The van der Waals surface area contributed by atoms with E-state index >= 15 is 0 Å². The molecule has 2 heterocycles. The number of benzene rings is 1. The van der Waals surface area contributed by atoms with Crippen molar-refractivity contribution in [1.82, 2.24) is 4.98 Å². The van der Waals surface area contributed by atoms with Gasteiger partial charge in [-0.2, -0.15) is 0 Å². The molecule has 2 fully saturated rings. The topological polar surface area (TPSA) is 45.2 Å². The summed E-state index contributed by atoms with van der Waals surface area (Å²) in [5, 5.41) is 6.28. The van der Waals surface area contributed by atoms with Gasteiger partial charge in [-0.3, -0.25) is 4.79 Å². The second kappa shape index (κ2) is 8.21. The van der Waals surface area contributed by atoms with Gasteiger partial charge in [0, 0.05) is 36.1 Å². The maximum absolute atomic E-state index is 12.1. The van der Waals surface area contributed by atoms with Gasteiger partial charge in [0.25, 0.3) is 0 Å². The Bertz CT molecular complexity index is 728. The number of aromatic nitrogens is 1. The zero-order chi connectivity index (χ0) is 17.8. The first-order valence-electron chi connectivity index (χ1n) is 9.89. The van der Waals surface area contributed by atoms with Crippen LogP contribution < -0.4 is 10.2 Å². The molecule has 2 aliphatic rings. The lowest BCUT2D eigenvalue weighted by atomic mass is 10.0. The van der Waals surface area contributed by atoms with Gasteiger partial charge in [-0.25, -0.2) is 4.98 Å². The molecule has 0 radical (unpaired) electrons. The monoisotopic (exact) mass is 369 g/mol. The van der Waals surface area contributed by atoms with Crippen molar-refractivity contribution in [3.63, 3.8) is 0 Å². The van der Waals surface area contributed by atoms with Crippen LogP contribution in [0.25, 0.3) is 11.3 Å². The van der Waals surface area contributed by atoms with Crippen LogP contribution in [0.3, 0.4) is 0 Å². The van der Waals surface area contributed by atoms with Gasteiger partial charge in [0.1, 0.15) is 0 Å². The molecular formula is C21H27N3OS. The summed E-state index contributed by atoms with van der Waals surface area (Å²) in [7, 11) is 0. The highest BCUT2D eigenvalue weighted by Gasteiger charge is 2.17. The van der Waals surface area contributed by atoms with Crippen molar-refractivity contribution in [2.45, 2.75) is 51.4 Å². The van der Waals surface area contributed by atoms with Gasteiger partial charge in [0.15, 0.2) is 5.13 Å². The third-order valence-corrected chi connectivity index (χ3v) is 6.49. The summed E-state index contributed by atoms with van der Waals surface area (Å²) in [6, 6.07) is 8.07. The Morgan fingerprint density at radius 1 is 1.12 bits per heavy atom. The van der Waals surface area contributed by atoms with E-state index in [1.165, 1.54) is 38.5 Å². The third-order valence-electron chi connectivity index (χ3n) is 5.59. The van der Waals surface area contributed by atoms with Crippen LogP contribution in [-0.4, -0.2) is 24.0 Å². The van der Waals surface area contributed by atoms with Crippen LogP contribution >= 0.6 is 11.3 Å². The maximum Gasteiger partial charge on any atom is 0.224 e. The Morgan fingerprint density at radius 2 is 1.85 bits per heavy atom. The van der Waals surface area contributed by atoms with Gasteiger partial charge < -0.3 is 10.2 Å². The van der Waals surface area contributed by atoms with Crippen LogP contribution in [0.1, 0.15) is 51.4 Å². The minimum Gasteiger partial charge on any atom is -0.348 e. The standard InChI is InChI=1S/C21H27N3OS/c25-20(12-7-16-5-1-2-6-16)22-18-10-8-17(9-11-18)19-15-26-21(23-19)24-13-3-4-14-24/h8-11,15-16H,1-7,12-14H2,(H,22,25). The van der Waals surface area contributed by atoms with E-state index in [4.69, 9.17) is 4.98 Å². The lowest BCUT2D eigenvalue weighted by molar-refractivity contribution is -0.116. The van der Waals surface area contributed by atoms with Gasteiger partial charge in [0.2, 0.25) is 5.91 Å². The molecule has 138 valence electrons. The Labute approximate surface area is 159 Å². The van der Waals surface area contributed by atoms with Gasteiger partial charge >= 0.3 is 0 Å². The normalized spacial score (nSPS) is 17.8. The van der Waals surface area contributed by atoms with Crippen molar-refractivity contribution in [1.29, 1.82) is 0 Å². The summed E-state index contributed by atoms with van der Waals surface area (Å²) >= 11 is 1.72. The Morgan fingerprint density at radius 3 is 2.58 bits per heavy atom. The molecule has 1 saturated carbocycles. The number of carbonyl (C=O) groups is 1. The van der Waals surface area contributed by atoms with Crippen molar-refractivity contribution in [3.8, 4) is 11.3 Å². The zero-order valence-corrected chi connectivity index (χ0v) is 16.1. The average molecular weight is 370 g/mol. The van der Waals surface area contributed by atoms with E-state index in [1.807, 2.05) is 12.1 Å². The van der Waals surface area contributed by atoms with E-state index in [9.17, 15) is 4.79 Å². The van der Waals surface area contributed by atoms with Crippen LogP contribution in [0.15, 0.2) is 29.6 Å². The molecule has 1 aliphatic heterocycles. The van der Waals surface area contributed by atoms with Crippen molar-refractivity contribution in [3.05, 3.63) is 29.6 Å². The zero-order valence-electron chi connectivity index (χ0n) is 15.2. The molecule has 0 atom stereocenters. The fraction of sp³-hybridized carbons (Fsp3) is 0.524. The predicted octanol–water partition coefficient (Wildman–Crippen LogP) is 5.32. The fourth-order valence-corrected chi connectivity index (χ4v) is 4.92. The van der Waals surface area contributed by atoms with E-state index in [2.05, 4.69) is 27.7 Å². The molecule has 5 heteroatoms. The molecule has 1 N–H and O–H groups in total. The number of thiazole rings is 1. The van der Waals surface area contributed by atoms with Crippen molar-refractivity contribution in [2.24, 2.45) is 5.92 Å². The van der Waals surface area contributed by atoms with Gasteiger partial charge in [-0.05, 0) is 37.3 Å².